The van der Waals surface area contributed by atoms with E-state index in [1.54, 1.807) is 37.4 Å². The van der Waals surface area contributed by atoms with Crippen LogP contribution in [0, 0.1) is 11.2 Å². The number of aromatic amines is 1. The lowest BCUT2D eigenvalue weighted by Crippen LogP contribution is -2.31. The van der Waals surface area contributed by atoms with E-state index in [-0.39, 0.29) is 17.1 Å². The molecule has 2 heterocycles. The number of H-pyrrole nitrogens is 1. The Morgan fingerprint density at radius 3 is 2.64 bits per heavy atom. The number of aryl methyl sites for hydroxylation is 1. The minimum absolute atomic E-state index is 0.0360. The van der Waals surface area contributed by atoms with Gasteiger partial charge in [-0.3, -0.25) is 9.98 Å². The fourth-order valence-corrected chi connectivity index (χ4v) is 4.95. The van der Waals surface area contributed by atoms with Crippen LogP contribution in [0.4, 0.5) is 4.39 Å². The quantitative estimate of drug-likeness (QED) is 0.0740. The van der Waals surface area contributed by atoms with Gasteiger partial charge in [-0.2, -0.15) is 4.98 Å². The highest BCUT2D eigenvalue weighted by Gasteiger charge is 2.16. The number of benzene rings is 2. The Hall–Kier alpha value is -4.05. The molecule has 8 nitrogen and oxygen atoms in total. The third-order valence-corrected chi connectivity index (χ3v) is 7.38. The van der Waals surface area contributed by atoms with E-state index < -0.39 is 11.5 Å². The van der Waals surface area contributed by atoms with Crippen LogP contribution in [-0.2, 0) is 13.0 Å². The van der Waals surface area contributed by atoms with Crippen LogP contribution in [0.5, 0.6) is 0 Å². The van der Waals surface area contributed by atoms with Crippen molar-refractivity contribution in [1.82, 2.24) is 25.2 Å². The molecule has 0 amide bonds. The van der Waals surface area contributed by atoms with E-state index in [9.17, 15) is 4.79 Å². The number of amidine groups is 1. The van der Waals surface area contributed by atoms with Gasteiger partial charge in [0.1, 0.15) is 5.65 Å². The Kier molecular flexibility index (Phi) is 10.5. The maximum Gasteiger partial charge on any atom is 0.354 e. The maximum atomic E-state index is 15.1. The third-order valence-electron chi connectivity index (χ3n) is 7.10. The van der Waals surface area contributed by atoms with Crippen molar-refractivity contribution in [2.45, 2.75) is 51.2 Å². The molecule has 0 spiro atoms. The topological polar surface area (TPSA) is 125 Å². The predicted octanol–water partition coefficient (Wildman–Crippen LogP) is 5.63. The van der Waals surface area contributed by atoms with Crippen LogP contribution in [-0.4, -0.2) is 39.0 Å². The zero-order valence-corrected chi connectivity index (χ0v) is 24.5. The van der Waals surface area contributed by atoms with E-state index in [1.807, 2.05) is 30.3 Å². The molecule has 0 aliphatic carbocycles. The first kappa shape index (κ1) is 30.9. The minimum Gasteiger partial charge on any atom is -0.374 e. The van der Waals surface area contributed by atoms with Crippen molar-refractivity contribution in [2.24, 2.45) is 5.73 Å². The summed E-state index contributed by atoms with van der Waals surface area (Å²) in [4.78, 5) is 20.2. The number of halogens is 2. The first-order chi connectivity index (χ1) is 20.2. The van der Waals surface area contributed by atoms with Crippen LogP contribution in [0.3, 0.4) is 0 Å². The van der Waals surface area contributed by atoms with Crippen LogP contribution < -0.4 is 22.1 Å². The van der Waals surface area contributed by atoms with Crippen LogP contribution >= 0.6 is 11.6 Å². The van der Waals surface area contributed by atoms with Crippen molar-refractivity contribution in [2.75, 3.05) is 6.54 Å². The number of nitrogens with two attached hydrogens (primary N) is 1. The van der Waals surface area contributed by atoms with Crippen molar-refractivity contribution in [3.8, 4) is 16.9 Å². The van der Waals surface area contributed by atoms with Gasteiger partial charge in [-0.15, -0.1) is 13.2 Å². The molecule has 0 saturated heterocycles. The zero-order chi connectivity index (χ0) is 30.2. The van der Waals surface area contributed by atoms with E-state index in [0.717, 1.165) is 30.4 Å². The second kappa shape index (κ2) is 14.2. The summed E-state index contributed by atoms with van der Waals surface area (Å²) < 4.78 is 16.6. The maximum absolute atomic E-state index is 15.1. The number of fused-ring (bicyclic) bond motifs is 1. The Morgan fingerprint density at radius 2 is 1.95 bits per heavy atom. The molecule has 6 N–H and O–H groups in total. The van der Waals surface area contributed by atoms with Gasteiger partial charge in [-0.25, -0.2) is 9.18 Å². The number of nitrogens with one attached hydrogen (secondary N) is 4. The average Bonchev–Trinajstić information content (AvgIpc) is 3.38. The van der Waals surface area contributed by atoms with Crippen molar-refractivity contribution in [1.29, 1.82) is 5.41 Å². The molecule has 2 aromatic heterocycles. The number of rotatable bonds is 14. The summed E-state index contributed by atoms with van der Waals surface area (Å²) in [7, 11) is 0. The van der Waals surface area contributed by atoms with E-state index >= 15 is 4.39 Å². The summed E-state index contributed by atoms with van der Waals surface area (Å²) in [6.45, 7) is 10.6. The van der Waals surface area contributed by atoms with Gasteiger partial charge < -0.3 is 21.4 Å². The largest absolute Gasteiger partial charge is 0.374 e. The number of nitrogens with zero attached hydrogens (tertiary/aromatic N) is 2. The lowest BCUT2D eigenvalue weighted by atomic mass is 10.0. The Labute approximate surface area is 250 Å². The van der Waals surface area contributed by atoms with Crippen LogP contribution in [0.2, 0.25) is 5.02 Å². The van der Waals surface area contributed by atoms with Gasteiger partial charge in [0.2, 0.25) is 0 Å². The van der Waals surface area contributed by atoms with E-state index in [0.29, 0.717) is 53.3 Å². The van der Waals surface area contributed by atoms with Gasteiger partial charge in [0.05, 0.1) is 22.2 Å². The molecule has 0 unspecified atom stereocenters. The molecule has 4 aromatic rings. The third kappa shape index (κ3) is 7.82. The normalized spacial score (nSPS) is 12.7. The molecule has 10 heteroatoms. The number of hydrogen-bond acceptors (Lipinski definition) is 5. The molecule has 42 heavy (non-hydrogen) atoms. The standard InChI is InChI=1S/C32H37ClFN7O/c1-4-24(36)8-6-7-22-15-27(30(34)28(33)16-22)29-17-23-19-41(32(42)40-31(23)39-29)26-11-9-21(10-12-26)18-38-25(5-2)13-14-37-20(3)35/h4-5,9-12,15-17,19,24-25,38H,1-2,6-8,13-14,18,36H2,3H3,(H2,35,37)(H,39,40,42)/t24-,25-/m0/s1. The molecule has 0 saturated carbocycles. The summed E-state index contributed by atoms with van der Waals surface area (Å²) in [6, 6.07) is 12.8. The molecule has 0 fully saturated rings. The first-order valence-electron chi connectivity index (χ1n) is 13.9. The van der Waals surface area contributed by atoms with E-state index in [2.05, 4.69) is 33.8 Å². The van der Waals surface area contributed by atoms with Gasteiger partial charge in [0, 0.05) is 42.3 Å². The van der Waals surface area contributed by atoms with Crippen molar-refractivity contribution >= 4 is 28.5 Å². The second-order valence-electron chi connectivity index (χ2n) is 10.3. The predicted molar refractivity (Wildman–Crippen MR) is 170 cm³/mol. The highest BCUT2D eigenvalue weighted by Crippen LogP contribution is 2.31. The summed E-state index contributed by atoms with van der Waals surface area (Å²) in [6.07, 6.45) is 8.36. The Balaban J connectivity index is 1.51. The second-order valence-corrected chi connectivity index (χ2v) is 10.7. The van der Waals surface area contributed by atoms with Gasteiger partial charge in [0.15, 0.2) is 5.82 Å². The number of aromatic nitrogens is 3. The summed E-state index contributed by atoms with van der Waals surface area (Å²) in [5, 5.41) is 14.6. The van der Waals surface area contributed by atoms with Crippen molar-refractivity contribution < 1.29 is 4.39 Å². The van der Waals surface area contributed by atoms with Gasteiger partial charge in [0.25, 0.3) is 0 Å². The number of hydrogen-bond donors (Lipinski definition) is 5. The Bertz CT molecular complexity index is 1630. The van der Waals surface area contributed by atoms with E-state index in [1.165, 1.54) is 4.57 Å². The molecule has 0 radical (unpaired) electrons. The lowest BCUT2D eigenvalue weighted by Gasteiger charge is -2.15. The van der Waals surface area contributed by atoms with Crippen LogP contribution in [0.25, 0.3) is 28.0 Å². The monoisotopic (exact) mass is 589 g/mol. The molecule has 0 bridgehead atoms. The lowest BCUT2D eigenvalue weighted by molar-refractivity contribution is 0.551. The molecular formula is C32H37ClFN7O. The fourth-order valence-electron chi connectivity index (χ4n) is 4.71. The molecule has 220 valence electrons. The van der Waals surface area contributed by atoms with Gasteiger partial charge in [-0.05, 0) is 74.1 Å². The minimum atomic E-state index is -0.533. The molecule has 4 rings (SSSR count). The van der Waals surface area contributed by atoms with E-state index in [4.69, 9.17) is 22.7 Å². The molecule has 2 atom stereocenters. The first-order valence-corrected chi connectivity index (χ1v) is 14.3. The Morgan fingerprint density at radius 1 is 1.19 bits per heavy atom. The highest BCUT2D eigenvalue weighted by atomic mass is 35.5. The van der Waals surface area contributed by atoms with Crippen LogP contribution in [0.15, 0.2) is 78.8 Å². The summed E-state index contributed by atoms with van der Waals surface area (Å²) in [5.41, 5.74) is 9.26. The fraction of sp³-hybridized carbons (Fsp3) is 0.281. The van der Waals surface area contributed by atoms with Crippen LogP contribution in [0.1, 0.15) is 37.3 Å². The van der Waals surface area contributed by atoms with Crippen molar-refractivity contribution in [3.05, 3.63) is 106 Å². The molecular weight excluding hydrogens is 553 g/mol. The molecule has 0 aliphatic rings. The highest BCUT2D eigenvalue weighted by molar-refractivity contribution is 6.31. The summed E-state index contributed by atoms with van der Waals surface area (Å²) in [5.74, 6) is -0.0941. The van der Waals surface area contributed by atoms with Crippen molar-refractivity contribution in [3.63, 3.8) is 0 Å². The van der Waals surface area contributed by atoms with Gasteiger partial charge in [-0.1, -0.05) is 35.9 Å². The smallest absolute Gasteiger partial charge is 0.354 e. The molecule has 0 aliphatic heterocycles. The molecule has 2 aromatic carbocycles. The zero-order valence-electron chi connectivity index (χ0n) is 23.7. The SMILES string of the molecule is C=C[C@H](N)CCCc1cc(Cl)c(F)c(-c2cc3cn(-c4ccc(CN[C@@H](C=C)CCNC(C)=N)cc4)c(=O)nc3[nH]2)c1. The summed E-state index contributed by atoms with van der Waals surface area (Å²) >= 11 is 6.24. The van der Waals surface area contributed by atoms with Gasteiger partial charge >= 0.3 is 5.69 Å². The average molecular weight is 590 g/mol.